The van der Waals surface area contributed by atoms with Crippen LogP contribution in [0.3, 0.4) is 0 Å². The maximum absolute atomic E-state index is 12.2. The third-order valence-corrected chi connectivity index (χ3v) is 4.01. The molecule has 108 valence electrons. The lowest BCUT2D eigenvalue weighted by molar-refractivity contribution is -0.158. The van der Waals surface area contributed by atoms with Gasteiger partial charge in [0.15, 0.2) is 0 Å². The predicted molar refractivity (Wildman–Crippen MR) is 75.8 cm³/mol. The quantitative estimate of drug-likeness (QED) is 0.795. The van der Waals surface area contributed by atoms with E-state index in [9.17, 15) is 9.59 Å². The molecule has 0 aromatic heterocycles. The molecular weight excluding hydrogens is 254 g/mol. The monoisotopic (exact) mass is 275 g/mol. The lowest BCUT2D eigenvalue weighted by Crippen LogP contribution is -2.50. The second kappa shape index (κ2) is 5.65. The molecule has 1 aromatic rings. The molecule has 1 atom stereocenters. The Labute approximate surface area is 119 Å². The van der Waals surface area contributed by atoms with Crippen LogP contribution in [0.15, 0.2) is 30.3 Å². The molecule has 0 radical (unpaired) electrons. The van der Waals surface area contributed by atoms with E-state index in [1.807, 2.05) is 44.2 Å². The van der Waals surface area contributed by atoms with Gasteiger partial charge >= 0.3 is 5.97 Å². The number of amides is 1. The molecule has 1 saturated heterocycles. The molecular formula is C16H21NO3. The number of hydrogen-bond acceptors (Lipinski definition) is 3. The largest absolute Gasteiger partial charge is 0.469 e. The zero-order valence-corrected chi connectivity index (χ0v) is 12.3. The molecule has 20 heavy (non-hydrogen) atoms. The molecule has 0 N–H and O–H groups in total. The normalized spacial score (nSPS) is 21.6. The first kappa shape index (κ1) is 14.6. The summed E-state index contributed by atoms with van der Waals surface area (Å²) in [4.78, 5) is 25.9. The summed E-state index contributed by atoms with van der Waals surface area (Å²) >= 11 is 0. The maximum atomic E-state index is 12.2. The highest BCUT2D eigenvalue weighted by atomic mass is 16.5. The van der Waals surface area contributed by atoms with Crippen LogP contribution in [-0.4, -0.2) is 30.4 Å². The van der Waals surface area contributed by atoms with Gasteiger partial charge in [0.2, 0.25) is 5.91 Å². The van der Waals surface area contributed by atoms with E-state index in [1.54, 1.807) is 4.90 Å². The van der Waals surface area contributed by atoms with E-state index >= 15 is 0 Å². The molecule has 1 heterocycles. The van der Waals surface area contributed by atoms with Crippen LogP contribution in [0.1, 0.15) is 25.8 Å². The van der Waals surface area contributed by atoms with Crippen molar-refractivity contribution >= 4 is 11.9 Å². The molecule has 1 fully saturated rings. The zero-order valence-electron chi connectivity index (χ0n) is 12.3. The highest BCUT2D eigenvalue weighted by molar-refractivity contribution is 5.82. The summed E-state index contributed by atoms with van der Waals surface area (Å²) in [6.45, 7) is 4.87. The van der Waals surface area contributed by atoms with E-state index in [-0.39, 0.29) is 23.2 Å². The third kappa shape index (κ3) is 3.00. The van der Waals surface area contributed by atoms with Crippen molar-refractivity contribution in [2.75, 3.05) is 13.7 Å². The summed E-state index contributed by atoms with van der Waals surface area (Å²) in [6.07, 6.45) is 0.375. The van der Waals surface area contributed by atoms with E-state index in [0.29, 0.717) is 19.5 Å². The predicted octanol–water partition coefficient (Wildman–Crippen LogP) is 2.23. The van der Waals surface area contributed by atoms with Gasteiger partial charge in [0.05, 0.1) is 13.0 Å². The van der Waals surface area contributed by atoms with E-state index in [0.717, 1.165) is 5.56 Å². The number of benzene rings is 1. The summed E-state index contributed by atoms with van der Waals surface area (Å²) in [6, 6.07) is 9.82. The van der Waals surface area contributed by atoms with Gasteiger partial charge in [-0.2, -0.15) is 0 Å². The van der Waals surface area contributed by atoms with Crippen molar-refractivity contribution in [2.24, 2.45) is 11.3 Å². The number of carbonyl (C=O) groups excluding carboxylic acids is 2. The molecule has 4 nitrogen and oxygen atoms in total. The molecule has 0 saturated carbocycles. The number of hydrogen-bond donors (Lipinski definition) is 0. The number of esters is 1. The highest BCUT2D eigenvalue weighted by Gasteiger charge is 2.44. The van der Waals surface area contributed by atoms with Crippen LogP contribution in [0.2, 0.25) is 0 Å². The lowest BCUT2D eigenvalue weighted by atomic mass is 9.73. The van der Waals surface area contributed by atoms with E-state index in [4.69, 9.17) is 4.74 Å². The van der Waals surface area contributed by atoms with Gasteiger partial charge in [0.25, 0.3) is 0 Å². The third-order valence-electron chi connectivity index (χ3n) is 4.01. The van der Waals surface area contributed by atoms with Crippen LogP contribution in [0.5, 0.6) is 0 Å². The molecule has 2 rings (SSSR count). The fourth-order valence-corrected chi connectivity index (χ4v) is 2.69. The second-order valence-corrected chi connectivity index (χ2v) is 6.00. The zero-order chi connectivity index (χ0) is 14.8. The first-order chi connectivity index (χ1) is 9.44. The minimum absolute atomic E-state index is 0.0963. The summed E-state index contributed by atoms with van der Waals surface area (Å²) in [5.74, 6) is -0.409. The topological polar surface area (TPSA) is 46.6 Å². The average molecular weight is 275 g/mol. The molecule has 1 amide bonds. The number of carbonyl (C=O) groups is 2. The number of methoxy groups -OCH3 is 1. The van der Waals surface area contributed by atoms with Gasteiger partial charge in [0, 0.05) is 19.5 Å². The van der Waals surface area contributed by atoms with Crippen molar-refractivity contribution in [3.63, 3.8) is 0 Å². The molecule has 4 heteroatoms. The molecule has 0 bridgehead atoms. The number of piperidine rings is 1. The van der Waals surface area contributed by atoms with Gasteiger partial charge in [-0.25, -0.2) is 0 Å². The number of rotatable bonds is 3. The van der Waals surface area contributed by atoms with Crippen LogP contribution >= 0.6 is 0 Å². The van der Waals surface area contributed by atoms with Crippen molar-refractivity contribution in [3.8, 4) is 0 Å². The van der Waals surface area contributed by atoms with Gasteiger partial charge in [-0.05, 0) is 11.0 Å². The summed E-state index contributed by atoms with van der Waals surface area (Å²) in [5.41, 5.74) is 0.723. The van der Waals surface area contributed by atoms with Crippen LogP contribution in [0, 0.1) is 11.3 Å². The summed E-state index contributed by atoms with van der Waals surface area (Å²) in [5, 5.41) is 0. The van der Waals surface area contributed by atoms with Crippen molar-refractivity contribution in [2.45, 2.75) is 26.8 Å². The van der Waals surface area contributed by atoms with Crippen LogP contribution in [0.25, 0.3) is 0 Å². The van der Waals surface area contributed by atoms with Gasteiger partial charge in [0.1, 0.15) is 0 Å². The van der Waals surface area contributed by atoms with Gasteiger partial charge in [-0.3, -0.25) is 9.59 Å². The summed E-state index contributed by atoms with van der Waals surface area (Å²) in [7, 11) is 1.40. The highest BCUT2D eigenvalue weighted by Crippen LogP contribution is 2.37. The first-order valence-electron chi connectivity index (χ1n) is 6.83. The van der Waals surface area contributed by atoms with Crippen LogP contribution < -0.4 is 0 Å². The maximum Gasteiger partial charge on any atom is 0.311 e. The number of ether oxygens (including phenoxy) is 1. The fourth-order valence-electron chi connectivity index (χ4n) is 2.69. The van der Waals surface area contributed by atoms with E-state index in [2.05, 4.69) is 0 Å². The van der Waals surface area contributed by atoms with Gasteiger partial charge < -0.3 is 9.64 Å². The van der Waals surface area contributed by atoms with Crippen molar-refractivity contribution in [3.05, 3.63) is 35.9 Å². The fraction of sp³-hybridized carbons (Fsp3) is 0.500. The Morgan fingerprint density at radius 2 is 2.00 bits per heavy atom. The molecule has 1 aliphatic rings. The lowest BCUT2D eigenvalue weighted by Gasteiger charge is -2.41. The van der Waals surface area contributed by atoms with E-state index in [1.165, 1.54) is 7.11 Å². The average Bonchev–Trinajstić information content (AvgIpc) is 2.41. The molecule has 0 aliphatic carbocycles. The number of nitrogens with zero attached hydrogens (tertiary/aromatic N) is 1. The summed E-state index contributed by atoms with van der Waals surface area (Å²) < 4.78 is 4.88. The second-order valence-electron chi connectivity index (χ2n) is 6.00. The minimum Gasteiger partial charge on any atom is -0.469 e. The van der Waals surface area contributed by atoms with E-state index < -0.39 is 0 Å². The van der Waals surface area contributed by atoms with Gasteiger partial charge in [-0.15, -0.1) is 0 Å². The molecule has 1 unspecified atom stereocenters. The molecule has 0 spiro atoms. The Morgan fingerprint density at radius 1 is 1.35 bits per heavy atom. The molecule has 1 aliphatic heterocycles. The Morgan fingerprint density at radius 3 is 2.60 bits per heavy atom. The SMILES string of the molecule is COC(=O)C1CN(Cc2ccccc2)C(=O)CC1(C)C. The van der Waals surface area contributed by atoms with Crippen LogP contribution in [0.4, 0.5) is 0 Å². The number of likely N-dealkylation sites (tertiary alicyclic amines) is 1. The van der Waals surface area contributed by atoms with Crippen molar-refractivity contribution < 1.29 is 14.3 Å². The van der Waals surface area contributed by atoms with Crippen molar-refractivity contribution in [1.29, 1.82) is 0 Å². The Balaban J connectivity index is 2.15. The smallest absolute Gasteiger partial charge is 0.311 e. The Kier molecular flexibility index (Phi) is 4.12. The van der Waals surface area contributed by atoms with Crippen LogP contribution in [-0.2, 0) is 20.9 Å². The first-order valence-corrected chi connectivity index (χ1v) is 6.83. The minimum atomic E-state index is -0.350. The standard InChI is InChI=1S/C16H21NO3/c1-16(2)9-14(18)17(11-13(16)15(19)20-3)10-12-7-5-4-6-8-12/h4-8,13H,9-11H2,1-3H3. The molecule has 1 aromatic carbocycles. The van der Waals surface area contributed by atoms with Gasteiger partial charge in [-0.1, -0.05) is 44.2 Å². The van der Waals surface area contributed by atoms with Crippen molar-refractivity contribution in [1.82, 2.24) is 4.90 Å². The Bertz CT molecular complexity index is 496. The Hall–Kier alpha value is -1.84.